The highest BCUT2D eigenvalue weighted by atomic mass is 35.5. The van der Waals surface area contributed by atoms with Gasteiger partial charge in [-0.1, -0.05) is 41.9 Å². The molecule has 0 aromatic heterocycles. The predicted molar refractivity (Wildman–Crippen MR) is 146 cm³/mol. The Hall–Kier alpha value is -1.81. The minimum Gasteiger partial charge on any atom is -0.598 e. The highest BCUT2D eigenvalue weighted by molar-refractivity contribution is 7.90. The number of fused-ring (bicyclic) bond motifs is 1. The van der Waals surface area contributed by atoms with E-state index in [1.54, 1.807) is 4.90 Å². The van der Waals surface area contributed by atoms with E-state index < -0.39 is 16.1 Å². The minimum atomic E-state index is -1.30. The number of carbonyl (C=O) groups excluding carboxylic acids is 1. The zero-order chi connectivity index (χ0) is 26.4. The van der Waals surface area contributed by atoms with Crippen LogP contribution in [0.1, 0.15) is 68.3 Å². The van der Waals surface area contributed by atoms with Crippen LogP contribution in [0, 0.1) is 0 Å². The number of halogens is 1. The quantitative estimate of drug-likeness (QED) is 0.428. The smallest absolute Gasteiger partial charge is 0.410 e. The van der Waals surface area contributed by atoms with Crippen LogP contribution < -0.4 is 4.72 Å². The van der Waals surface area contributed by atoms with Gasteiger partial charge in [-0.15, -0.1) is 4.72 Å². The monoisotopic (exact) mass is 548 g/mol. The van der Waals surface area contributed by atoms with Crippen LogP contribution in [0.5, 0.6) is 0 Å². The van der Waals surface area contributed by atoms with E-state index in [1.165, 1.54) is 0 Å². The Morgan fingerprint density at radius 3 is 2.68 bits per heavy atom. The molecule has 2 aromatic carbocycles. The number of amides is 1. The summed E-state index contributed by atoms with van der Waals surface area (Å²) < 4.78 is 33.2. The van der Waals surface area contributed by atoms with Gasteiger partial charge in [0.15, 0.2) is 6.29 Å². The first-order valence-corrected chi connectivity index (χ1v) is 14.4. The van der Waals surface area contributed by atoms with E-state index in [2.05, 4.69) is 4.72 Å². The molecule has 37 heavy (non-hydrogen) atoms. The Bertz CT molecular complexity index is 1040. The maximum atomic E-state index is 13.2. The van der Waals surface area contributed by atoms with Gasteiger partial charge in [0.1, 0.15) is 11.4 Å². The third kappa shape index (κ3) is 7.85. The number of nitrogens with zero attached hydrogens (tertiary/aromatic N) is 1. The van der Waals surface area contributed by atoms with Gasteiger partial charge in [0.25, 0.3) is 0 Å². The Morgan fingerprint density at radius 1 is 1.24 bits per heavy atom. The lowest BCUT2D eigenvalue weighted by Crippen LogP contribution is -2.42. The fourth-order valence-corrected chi connectivity index (χ4v) is 5.63. The number of carbonyl (C=O) groups is 1. The van der Waals surface area contributed by atoms with Crippen molar-refractivity contribution in [3.05, 3.63) is 69.7 Å². The van der Waals surface area contributed by atoms with Crippen molar-refractivity contribution in [2.75, 3.05) is 19.8 Å². The Morgan fingerprint density at radius 2 is 1.97 bits per heavy atom. The zero-order valence-corrected chi connectivity index (χ0v) is 23.4. The zero-order valence-electron chi connectivity index (χ0n) is 21.8. The Balaban J connectivity index is 1.54. The molecule has 0 spiro atoms. The van der Waals surface area contributed by atoms with E-state index in [4.69, 9.17) is 25.8 Å². The van der Waals surface area contributed by atoms with Gasteiger partial charge >= 0.3 is 6.09 Å². The van der Waals surface area contributed by atoms with Crippen LogP contribution in [0.25, 0.3) is 0 Å². The Labute approximate surface area is 228 Å². The molecule has 2 aromatic rings. The van der Waals surface area contributed by atoms with E-state index in [1.807, 2.05) is 63.2 Å². The normalized spacial score (nSPS) is 18.2. The third-order valence-corrected chi connectivity index (χ3v) is 8.40. The molecule has 1 unspecified atom stereocenters. The van der Waals surface area contributed by atoms with Crippen molar-refractivity contribution in [2.24, 2.45) is 0 Å². The molecule has 2 atom stereocenters. The van der Waals surface area contributed by atoms with E-state index in [-0.39, 0.29) is 25.0 Å². The summed E-state index contributed by atoms with van der Waals surface area (Å²) in [6.45, 7) is 8.39. The van der Waals surface area contributed by atoms with Gasteiger partial charge in [-0.3, -0.25) is 0 Å². The average molecular weight is 549 g/mol. The van der Waals surface area contributed by atoms with Crippen molar-refractivity contribution in [3.8, 4) is 0 Å². The van der Waals surface area contributed by atoms with E-state index in [0.29, 0.717) is 50.6 Å². The molecular formula is C28H37ClN2O5S. The summed E-state index contributed by atoms with van der Waals surface area (Å²) in [6.07, 6.45) is 2.25. The summed E-state index contributed by atoms with van der Waals surface area (Å²) in [4.78, 5) is 14.7. The molecule has 2 heterocycles. The van der Waals surface area contributed by atoms with Gasteiger partial charge < -0.3 is 23.7 Å². The average Bonchev–Trinajstić information content (AvgIpc) is 2.89. The predicted octanol–water partition coefficient (Wildman–Crippen LogP) is 5.67. The van der Waals surface area contributed by atoms with Crippen LogP contribution in [0.4, 0.5) is 4.79 Å². The van der Waals surface area contributed by atoms with Crippen LogP contribution in [0.15, 0.2) is 42.5 Å². The first-order valence-electron chi connectivity index (χ1n) is 12.9. The van der Waals surface area contributed by atoms with Gasteiger partial charge in [0.05, 0.1) is 19.3 Å². The molecule has 4 rings (SSSR count). The standard InChI is InChI=1S/C28H37ClN2O5S/c1-28(2,3)37(33)30-25(10-11-26-34-14-7-15-35-26)23-17-22(29)16-21-12-13-31(18-24(21)23)27(32)36-19-20-8-5-4-6-9-20/h4-6,8-9,16-17,25-26,30H,7,10-15,18-19H2,1-3H3/t25?,37-/m0/s1. The molecular weight excluding hydrogens is 512 g/mol. The SMILES string of the molecule is CC(C)(C)[S@+]([O-])NC(CCC1OCCCO1)c1cc(Cl)cc2c1CN(C(=O)OCc1ccccc1)CC2. The lowest BCUT2D eigenvalue weighted by Gasteiger charge is -2.34. The lowest BCUT2D eigenvalue weighted by atomic mass is 9.90. The van der Waals surface area contributed by atoms with Crippen molar-refractivity contribution in [3.63, 3.8) is 0 Å². The van der Waals surface area contributed by atoms with Crippen LogP contribution >= 0.6 is 11.6 Å². The lowest BCUT2D eigenvalue weighted by molar-refractivity contribution is -0.182. The van der Waals surface area contributed by atoms with Crippen LogP contribution in [-0.2, 0) is 45.1 Å². The van der Waals surface area contributed by atoms with Gasteiger partial charge in [0.2, 0.25) is 0 Å². The van der Waals surface area contributed by atoms with E-state index in [0.717, 1.165) is 28.7 Å². The molecule has 7 nitrogen and oxygen atoms in total. The molecule has 0 bridgehead atoms. The van der Waals surface area contributed by atoms with Crippen molar-refractivity contribution in [2.45, 2.75) is 76.7 Å². The molecule has 2 aliphatic heterocycles. The van der Waals surface area contributed by atoms with Crippen molar-refractivity contribution in [1.29, 1.82) is 0 Å². The van der Waals surface area contributed by atoms with Gasteiger partial charge in [0, 0.05) is 35.9 Å². The summed E-state index contributed by atoms with van der Waals surface area (Å²) in [6, 6.07) is 13.3. The molecule has 1 amide bonds. The second kappa shape index (κ2) is 12.8. The highest BCUT2D eigenvalue weighted by Crippen LogP contribution is 2.34. The van der Waals surface area contributed by atoms with Gasteiger partial charge in [-0.05, 0) is 74.4 Å². The maximum Gasteiger partial charge on any atom is 0.410 e. The Kier molecular flexibility index (Phi) is 9.78. The highest BCUT2D eigenvalue weighted by Gasteiger charge is 2.33. The third-order valence-electron chi connectivity index (χ3n) is 6.57. The topological polar surface area (TPSA) is 83.1 Å². The number of rotatable bonds is 8. The first-order chi connectivity index (χ1) is 17.7. The number of nitrogens with one attached hydrogen (secondary N) is 1. The second-order valence-electron chi connectivity index (χ2n) is 10.5. The van der Waals surface area contributed by atoms with E-state index >= 15 is 0 Å². The van der Waals surface area contributed by atoms with Crippen molar-refractivity contribution in [1.82, 2.24) is 9.62 Å². The van der Waals surface area contributed by atoms with Crippen molar-refractivity contribution < 1.29 is 23.6 Å². The van der Waals surface area contributed by atoms with Gasteiger partial charge in [-0.2, -0.15) is 0 Å². The molecule has 1 N–H and O–H groups in total. The molecule has 1 saturated heterocycles. The minimum absolute atomic E-state index is 0.229. The van der Waals surface area contributed by atoms with Gasteiger partial charge in [-0.25, -0.2) is 4.79 Å². The van der Waals surface area contributed by atoms with Crippen LogP contribution in [0.3, 0.4) is 0 Å². The largest absolute Gasteiger partial charge is 0.598 e. The summed E-state index contributed by atoms with van der Waals surface area (Å²) in [5.41, 5.74) is 4.03. The molecule has 0 aliphatic carbocycles. The maximum absolute atomic E-state index is 13.2. The number of ether oxygens (including phenoxy) is 3. The molecule has 202 valence electrons. The summed E-state index contributed by atoms with van der Waals surface area (Å²) in [5, 5.41) is 0.632. The summed E-state index contributed by atoms with van der Waals surface area (Å²) in [7, 11) is 0. The molecule has 0 radical (unpaired) electrons. The fraction of sp³-hybridized carbons (Fsp3) is 0.536. The fourth-order valence-electron chi connectivity index (χ4n) is 4.52. The second-order valence-corrected chi connectivity index (χ2v) is 12.9. The first kappa shape index (κ1) is 28.2. The number of hydrogen-bond donors (Lipinski definition) is 1. The molecule has 2 aliphatic rings. The number of hydrogen-bond acceptors (Lipinski definition) is 6. The van der Waals surface area contributed by atoms with Crippen LogP contribution in [0.2, 0.25) is 5.02 Å². The van der Waals surface area contributed by atoms with E-state index in [9.17, 15) is 9.35 Å². The summed E-state index contributed by atoms with van der Waals surface area (Å²) >= 11 is 5.26. The summed E-state index contributed by atoms with van der Waals surface area (Å²) in [5.74, 6) is 0. The molecule has 1 fully saturated rings. The number of benzene rings is 2. The molecule has 0 saturated carbocycles. The van der Waals surface area contributed by atoms with Crippen LogP contribution in [-0.4, -0.2) is 46.3 Å². The molecule has 9 heteroatoms. The van der Waals surface area contributed by atoms with Crippen molar-refractivity contribution >= 4 is 29.1 Å².